The van der Waals surface area contributed by atoms with Crippen LogP contribution in [-0.2, 0) is 0 Å². The Morgan fingerprint density at radius 3 is 2.64 bits per heavy atom. The summed E-state index contributed by atoms with van der Waals surface area (Å²) in [5.41, 5.74) is 6.59. The fourth-order valence-corrected chi connectivity index (χ4v) is 4.11. The average Bonchev–Trinajstić information content (AvgIpc) is 3.21. The maximum absolute atomic E-state index is 12.7. The third-order valence-electron chi connectivity index (χ3n) is 4.44. The summed E-state index contributed by atoms with van der Waals surface area (Å²) in [5.74, 6) is 0.503. The topological polar surface area (TPSA) is 55.6 Å². The number of halogens is 2. The molecule has 1 aromatic carbocycles. The van der Waals surface area contributed by atoms with Crippen molar-refractivity contribution in [1.29, 1.82) is 0 Å². The molecule has 2 unspecified atom stereocenters. The van der Waals surface area contributed by atoms with E-state index < -0.39 is 6.61 Å². The second-order valence-electron chi connectivity index (χ2n) is 6.21. The normalized spacial score (nSPS) is 20.3. The first kappa shape index (κ1) is 17.8. The number of hydrogen-bond acceptors (Lipinski definition) is 4. The Balaban J connectivity index is 1.73. The van der Waals surface area contributed by atoms with Gasteiger partial charge in [0.25, 0.3) is 5.91 Å². The molecule has 1 aliphatic heterocycles. The number of benzene rings is 1. The van der Waals surface area contributed by atoms with Crippen LogP contribution in [0, 0.1) is 5.92 Å². The van der Waals surface area contributed by atoms with Crippen LogP contribution in [0.4, 0.5) is 8.78 Å². The molecule has 25 heavy (non-hydrogen) atoms. The number of rotatable bonds is 5. The van der Waals surface area contributed by atoms with Gasteiger partial charge in [-0.2, -0.15) is 8.78 Å². The highest BCUT2D eigenvalue weighted by Gasteiger charge is 2.32. The fraction of sp³-hybridized carbons (Fsp3) is 0.389. The molecule has 1 aliphatic rings. The van der Waals surface area contributed by atoms with Crippen LogP contribution < -0.4 is 10.5 Å². The SMILES string of the molecule is CC1CC(CN)CN1C(=O)c1ccc(-c2ccc(OC(F)F)cc2)s1. The quantitative estimate of drug-likeness (QED) is 0.875. The molecular weight excluding hydrogens is 346 g/mol. The smallest absolute Gasteiger partial charge is 0.387 e. The summed E-state index contributed by atoms with van der Waals surface area (Å²) in [7, 11) is 0. The van der Waals surface area contributed by atoms with Crippen molar-refractivity contribution in [2.45, 2.75) is 26.0 Å². The van der Waals surface area contributed by atoms with E-state index in [-0.39, 0.29) is 17.7 Å². The van der Waals surface area contributed by atoms with Gasteiger partial charge in [0.15, 0.2) is 0 Å². The van der Waals surface area contributed by atoms with Crippen LogP contribution in [0.2, 0.25) is 0 Å². The van der Waals surface area contributed by atoms with Crippen molar-refractivity contribution < 1.29 is 18.3 Å². The van der Waals surface area contributed by atoms with Gasteiger partial charge < -0.3 is 15.4 Å². The molecule has 0 aliphatic carbocycles. The Bertz CT molecular complexity index is 733. The molecule has 2 N–H and O–H groups in total. The van der Waals surface area contributed by atoms with Crippen molar-refractivity contribution in [2.24, 2.45) is 11.7 Å². The van der Waals surface area contributed by atoms with Crippen LogP contribution in [0.15, 0.2) is 36.4 Å². The highest BCUT2D eigenvalue weighted by Crippen LogP contribution is 2.32. The Morgan fingerprint density at radius 1 is 1.32 bits per heavy atom. The molecule has 1 saturated heterocycles. The van der Waals surface area contributed by atoms with Crippen LogP contribution in [0.5, 0.6) is 5.75 Å². The van der Waals surface area contributed by atoms with E-state index in [9.17, 15) is 13.6 Å². The lowest BCUT2D eigenvalue weighted by Gasteiger charge is -2.20. The van der Waals surface area contributed by atoms with Crippen molar-refractivity contribution in [3.63, 3.8) is 0 Å². The number of hydrogen-bond donors (Lipinski definition) is 1. The second kappa shape index (κ2) is 7.49. The molecule has 4 nitrogen and oxygen atoms in total. The summed E-state index contributed by atoms with van der Waals surface area (Å²) in [6, 6.07) is 10.3. The standard InChI is InChI=1S/C18H20F2N2O2S/c1-11-8-12(9-21)10-22(11)17(23)16-7-6-15(25-16)13-2-4-14(5-3-13)24-18(19)20/h2-7,11-12,18H,8-10,21H2,1H3. The summed E-state index contributed by atoms with van der Waals surface area (Å²) in [4.78, 5) is 16.2. The second-order valence-corrected chi connectivity index (χ2v) is 7.29. The monoisotopic (exact) mass is 366 g/mol. The van der Waals surface area contributed by atoms with Crippen LogP contribution in [0.3, 0.4) is 0 Å². The molecule has 0 saturated carbocycles. The number of amides is 1. The molecule has 134 valence electrons. The molecule has 0 bridgehead atoms. The molecule has 0 spiro atoms. The first-order valence-corrected chi connectivity index (χ1v) is 8.95. The first-order chi connectivity index (χ1) is 12.0. The van der Waals surface area contributed by atoms with Gasteiger partial charge in [0, 0.05) is 17.5 Å². The Morgan fingerprint density at radius 2 is 2.04 bits per heavy atom. The van der Waals surface area contributed by atoms with Gasteiger partial charge in [-0.1, -0.05) is 0 Å². The van der Waals surface area contributed by atoms with Crippen molar-refractivity contribution in [1.82, 2.24) is 4.90 Å². The molecule has 2 heterocycles. The van der Waals surface area contributed by atoms with Crippen molar-refractivity contribution >= 4 is 17.2 Å². The van der Waals surface area contributed by atoms with Crippen molar-refractivity contribution in [3.8, 4) is 16.2 Å². The summed E-state index contributed by atoms with van der Waals surface area (Å²) < 4.78 is 28.7. The van der Waals surface area contributed by atoms with E-state index in [0.29, 0.717) is 23.9 Å². The Hall–Kier alpha value is -1.99. The largest absolute Gasteiger partial charge is 0.435 e. The molecule has 7 heteroatoms. The van der Waals surface area contributed by atoms with Crippen molar-refractivity contribution in [3.05, 3.63) is 41.3 Å². The number of carbonyl (C=O) groups excluding carboxylic acids is 1. The first-order valence-electron chi connectivity index (χ1n) is 8.14. The molecule has 2 atom stereocenters. The zero-order chi connectivity index (χ0) is 18.0. The maximum atomic E-state index is 12.7. The summed E-state index contributed by atoms with van der Waals surface area (Å²) in [5, 5.41) is 0. The van der Waals surface area contributed by atoms with Crippen LogP contribution >= 0.6 is 11.3 Å². The average molecular weight is 366 g/mol. The minimum Gasteiger partial charge on any atom is -0.435 e. The third-order valence-corrected chi connectivity index (χ3v) is 5.56. The number of carbonyl (C=O) groups is 1. The molecule has 1 fully saturated rings. The predicted octanol–water partition coefficient (Wildman–Crippen LogP) is 3.83. The van der Waals surface area contributed by atoms with Gasteiger partial charge in [0.05, 0.1) is 4.88 Å². The predicted molar refractivity (Wildman–Crippen MR) is 94.0 cm³/mol. The van der Waals surface area contributed by atoms with E-state index >= 15 is 0 Å². The van der Waals surface area contributed by atoms with E-state index in [2.05, 4.69) is 4.74 Å². The van der Waals surface area contributed by atoms with Gasteiger partial charge in [-0.15, -0.1) is 11.3 Å². The van der Waals surface area contributed by atoms with Crippen LogP contribution in [-0.4, -0.2) is 36.5 Å². The van der Waals surface area contributed by atoms with E-state index in [1.807, 2.05) is 24.0 Å². The van der Waals surface area contributed by atoms with Gasteiger partial charge in [-0.3, -0.25) is 4.79 Å². The number of thiophene rings is 1. The summed E-state index contributed by atoms with van der Waals surface area (Å²) >= 11 is 1.40. The van der Waals surface area contributed by atoms with Gasteiger partial charge in [-0.05, 0) is 67.8 Å². The highest BCUT2D eigenvalue weighted by atomic mass is 32.1. The van der Waals surface area contributed by atoms with Gasteiger partial charge in [-0.25, -0.2) is 0 Å². The molecule has 1 aromatic heterocycles. The third kappa shape index (κ3) is 3.99. The van der Waals surface area contributed by atoms with E-state index in [4.69, 9.17) is 5.73 Å². The van der Waals surface area contributed by atoms with Crippen molar-refractivity contribution in [2.75, 3.05) is 13.1 Å². The van der Waals surface area contributed by atoms with Gasteiger partial charge >= 0.3 is 6.61 Å². The summed E-state index contributed by atoms with van der Waals surface area (Å²) in [6.07, 6.45) is 0.937. The van der Waals surface area contributed by atoms with Gasteiger partial charge in [0.1, 0.15) is 5.75 Å². The molecule has 0 radical (unpaired) electrons. The maximum Gasteiger partial charge on any atom is 0.387 e. The van der Waals surface area contributed by atoms with Gasteiger partial charge in [0.2, 0.25) is 0 Å². The summed E-state index contributed by atoms with van der Waals surface area (Å²) in [6.45, 7) is 0.501. The zero-order valence-corrected chi connectivity index (χ0v) is 14.6. The lowest BCUT2D eigenvalue weighted by atomic mass is 10.1. The Kier molecular flexibility index (Phi) is 5.34. The lowest BCUT2D eigenvalue weighted by molar-refractivity contribution is -0.0498. The number of nitrogens with two attached hydrogens (primary N) is 1. The lowest BCUT2D eigenvalue weighted by Crippen LogP contribution is -2.33. The minimum atomic E-state index is -2.84. The van der Waals surface area contributed by atoms with Crippen LogP contribution in [0.1, 0.15) is 23.0 Å². The number of ether oxygens (including phenoxy) is 1. The fourth-order valence-electron chi connectivity index (χ4n) is 3.15. The number of nitrogens with zero attached hydrogens (tertiary/aromatic N) is 1. The van der Waals surface area contributed by atoms with E-state index in [0.717, 1.165) is 16.9 Å². The Labute approximate surface area is 149 Å². The van der Waals surface area contributed by atoms with Crippen LogP contribution in [0.25, 0.3) is 10.4 Å². The molecule has 3 rings (SSSR count). The number of alkyl halides is 2. The molecule has 2 aromatic rings. The zero-order valence-electron chi connectivity index (χ0n) is 13.8. The van der Waals surface area contributed by atoms with E-state index in [1.54, 1.807) is 12.1 Å². The number of likely N-dealkylation sites (tertiary alicyclic amines) is 1. The van der Waals surface area contributed by atoms with E-state index in [1.165, 1.54) is 23.5 Å². The molecule has 1 amide bonds. The minimum absolute atomic E-state index is 0.0253. The molecular formula is C18H20F2N2O2S. The highest BCUT2D eigenvalue weighted by molar-refractivity contribution is 7.17.